The quantitative estimate of drug-likeness (QED) is 0.440. The van der Waals surface area contributed by atoms with Crippen LogP contribution in [0.3, 0.4) is 0 Å². The van der Waals surface area contributed by atoms with E-state index in [1.807, 2.05) is 34.5 Å². The zero-order valence-corrected chi connectivity index (χ0v) is 18.9. The van der Waals surface area contributed by atoms with Crippen LogP contribution in [0.1, 0.15) is 14.5 Å². The van der Waals surface area contributed by atoms with Gasteiger partial charge in [0.15, 0.2) is 0 Å². The van der Waals surface area contributed by atoms with Crippen LogP contribution in [0.4, 0.5) is 0 Å². The van der Waals surface area contributed by atoms with Gasteiger partial charge in [-0.15, -0.1) is 27.8 Å². The van der Waals surface area contributed by atoms with Crippen molar-refractivity contribution in [3.8, 4) is 16.1 Å². The van der Waals surface area contributed by atoms with Gasteiger partial charge < -0.3 is 4.90 Å². The van der Waals surface area contributed by atoms with E-state index in [1.54, 1.807) is 11.3 Å². The Morgan fingerprint density at radius 3 is 2.74 bits per heavy atom. The minimum atomic E-state index is 0.0412. The maximum Gasteiger partial charge on any atom is 0.266 e. The summed E-state index contributed by atoms with van der Waals surface area (Å²) in [5.41, 5.74) is 1.88. The highest BCUT2D eigenvalue weighted by atomic mass is 35.5. The van der Waals surface area contributed by atoms with Crippen LogP contribution in [0.2, 0.25) is 5.02 Å². The summed E-state index contributed by atoms with van der Waals surface area (Å²) < 4.78 is 1.54. The average Bonchev–Trinajstić information content (AvgIpc) is 3.54. The lowest BCUT2D eigenvalue weighted by Gasteiger charge is -2.34. The molecule has 3 aromatic heterocycles. The molecule has 0 radical (unpaired) electrons. The summed E-state index contributed by atoms with van der Waals surface area (Å²) in [6.07, 6.45) is 1.51. The van der Waals surface area contributed by atoms with Crippen LogP contribution in [0.5, 0.6) is 0 Å². The van der Waals surface area contributed by atoms with Gasteiger partial charge in [0, 0.05) is 47.5 Å². The molecule has 0 bridgehead atoms. The fraction of sp³-hybridized carbons (Fsp3) is 0.238. The van der Waals surface area contributed by atoms with Gasteiger partial charge in [-0.1, -0.05) is 23.7 Å². The summed E-state index contributed by atoms with van der Waals surface area (Å²) in [6.45, 7) is 4.00. The molecule has 4 heterocycles. The molecular formula is C21H19ClN6OS2. The van der Waals surface area contributed by atoms with Crippen molar-refractivity contribution in [2.24, 2.45) is 0 Å². The predicted molar refractivity (Wildman–Crippen MR) is 123 cm³/mol. The molecule has 1 amide bonds. The third kappa shape index (κ3) is 4.40. The molecule has 0 aliphatic carbocycles. The molecule has 1 aromatic carbocycles. The van der Waals surface area contributed by atoms with Crippen molar-refractivity contribution in [1.29, 1.82) is 0 Å². The first-order valence-corrected chi connectivity index (χ1v) is 11.9. The number of halogens is 1. The monoisotopic (exact) mass is 470 g/mol. The maximum atomic E-state index is 13.1. The van der Waals surface area contributed by atoms with Gasteiger partial charge in [-0.25, -0.2) is 0 Å². The number of benzene rings is 1. The van der Waals surface area contributed by atoms with Crippen LogP contribution in [-0.2, 0) is 6.54 Å². The number of piperazine rings is 1. The van der Waals surface area contributed by atoms with E-state index < -0.39 is 0 Å². The van der Waals surface area contributed by atoms with Gasteiger partial charge >= 0.3 is 0 Å². The Labute approximate surface area is 192 Å². The Morgan fingerprint density at radius 2 is 1.97 bits per heavy atom. The molecule has 0 N–H and O–H groups in total. The summed E-state index contributed by atoms with van der Waals surface area (Å²) in [6, 6.07) is 14.2. The molecule has 1 saturated heterocycles. The lowest BCUT2D eigenvalue weighted by molar-refractivity contribution is 0.0634. The standard InChI is InChI=1S/C21H19ClN6OS2/c22-16-3-1-2-15(12-16)19-5-4-17(31-19)13-26-7-9-27(10-8-26)21(29)20-18(6-11-30-20)28-14-23-24-25-28/h1-6,11-12,14H,7-10,13H2. The van der Waals surface area contributed by atoms with E-state index in [0.717, 1.165) is 35.9 Å². The molecule has 0 spiro atoms. The SMILES string of the molecule is O=C(c1sccc1-n1cnnn1)N1CCN(Cc2ccc(-c3cccc(Cl)c3)s2)CC1. The van der Waals surface area contributed by atoms with Gasteiger partial charge in [0.05, 0.1) is 5.69 Å². The molecule has 1 fully saturated rings. The molecule has 158 valence electrons. The molecular weight excluding hydrogens is 452 g/mol. The largest absolute Gasteiger partial charge is 0.335 e. The van der Waals surface area contributed by atoms with Gasteiger partial charge in [-0.05, 0) is 51.7 Å². The molecule has 5 rings (SSSR count). The molecule has 1 aliphatic heterocycles. The van der Waals surface area contributed by atoms with Crippen LogP contribution in [0.15, 0.2) is 54.2 Å². The van der Waals surface area contributed by atoms with E-state index in [1.165, 1.54) is 32.1 Å². The number of amides is 1. The lowest BCUT2D eigenvalue weighted by Crippen LogP contribution is -2.48. The van der Waals surface area contributed by atoms with Gasteiger partial charge in [0.25, 0.3) is 5.91 Å². The number of carbonyl (C=O) groups excluding carboxylic acids is 1. The van der Waals surface area contributed by atoms with Crippen LogP contribution in [0, 0.1) is 0 Å². The molecule has 0 atom stereocenters. The predicted octanol–water partition coefficient (Wildman–Crippen LogP) is 4.06. The lowest BCUT2D eigenvalue weighted by atomic mass is 10.2. The summed E-state index contributed by atoms with van der Waals surface area (Å²) in [5, 5.41) is 13.9. The topological polar surface area (TPSA) is 67.2 Å². The van der Waals surface area contributed by atoms with Crippen molar-refractivity contribution in [2.45, 2.75) is 6.54 Å². The Balaban J connectivity index is 1.20. The minimum absolute atomic E-state index is 0.0412. The van der Waals surface area contributed by atoms with Crippen LogP contribution >= 0.6 is 34.3 Å². The van der Waals surface area contributed by atoms with Gasteiger partial charge in [0.2, 0.25) is 0 Å². The van der Waals surface area contributed by atoms with Gasteiger partial charge in [0.1, 0.15) is 11.2 Å². The van der Waals surface area contributed by atoms with E-state index in [9.17, 15) is 4.79 Å². The van der Waals surface area contributed by atoms with Crippen molar-refractivity contribution >= 4 is 40.2 Å². The number of nitrogens with zero attached hydrogens (tertiary/aromatic N) is 6. The fourth-order valence-corrected chi connectivity index (χ4v) is 5.73. The number of aromatic nitrogens is 4. The normalized spacial score (nSPS) is 14.8. The summed E-state index contributed by atoms with van der Waals surface area (Å²) >= 11 is 9.34. The Bertz CT molecular complexity index is 1180. The van der Waals surface area contributed by atoms with E-state index in [-0.39, 0.29) is 5.91 Å². The number of thiophene rings is 2. The maximum absolute atomic E-state index is 13.1. The number of tetrazole rings is 1. The molecule has 7 nitrogen and oxygen atoms in total. The Hall–Kier alpha value is -2.59. The second-order valence-corrected chi connectivity index (χ2v) is 9.75. The van der Waals surface area contributed by atoms with Crippen LogP contribution in [0.25, 0.3) is 16.1 Å². The van der Waals surface area contributed by atoms with Crippen molar-refractivity contribution in [2.75, 3.05) is 26.2 Å². The van der Waals surface area contributed by atoms with Crippen molar-refractivity contribution in [3.05, 3.63) is 68.9 Å². The molecule has 10 heteroatoms. The molecule has 0 saturated carbocycles. The third-order valence-corrected chi connectivity index (χ3v) is 7.49. The summed E-state index contributed by atoms with van der Waals surface area (Å²) in [5.74, 6) is 0.0412. The highest BCUT2D eigenvalue weighted by molar-refractivity contribution is 7.15. The smallest absolute Gasteiger partial charge is 0.266 e. The van der Waals surface area contributed by atoms with Crippen molar-refractivity contribution < 1.29 is 4.79 Å². The zero-order chi connectivity index (χ0) is 21.2. The van der Waals surface area contributed by atoms with Crippen LogP contribution < -0.4 is 0 Å². The molecule has 1 aliphatic rings. The van der Waals surface area contributed by atoms with E-state index >= 15 is 0 Å². The zero-order valence-electron chi connectivity index (χ0n) is 16.5. The molecule has 4 aromatic rings. The third-order valence-electron chi connectivity index (χ3n) is 5.24. The van der Waals surface area contributed by atoms with E-state index in [2.05, 4.69) is 38.6 Å². The first kappa shape index (κ1) is 20.3. The number of carbonyl (C=O) groups is 1. The second kappa shape index (κ2) is 8.88. The van der Waals surface area contributed by atoms with Gasteiger partial charge in [-0.2, -0.15) is 4.68 Å². The van der Waals surface area contributed by atoms with E-state index in [0.29, 0.717) is 18.0 Å². The summed E-state index contributed by atoms with van der Waals surface area (Å²) in [7, 11) is 0. The number of hydrogen-bond donors (Lipinski definition) is 0. The molecule has 0 unspecified atom stereocenters. The first-order valence-electron chi connectivity index (χ1n) is 9.84. The first-order chi connectivity index (χ1) is 15.2. The summed E-state index contributed by atoms with van der Waals surface area (Å²) in [4.78, 5) is 20.6. The average molecular weight is 471 g/mol. The van der Waals surface area contributed by atoms with Crippen LogP contribution in [-0.4, -0.2) is 62.1 Å². The second-order valence-electron chi connectivity index (χ2n) is 7.23. The van der Waals surface area contributed by atoms with Gasteiger partial charge in [-0.3, -0.25) is 9.69 Å². The van der Waals surface area contributed by atoms with Crippen molar-refractivity contribution in [1.82, 2.24) is 30.0 Å². The number of rotatable bonds is 5. The highest BCUT2D eigenvalue weighted by Crippen LogP contribution is 2.30. The fourth-order valence-electron chi connectivity index (χ4n) is 3.65. The Morgan fingerprint density at radius 1 is 1.10 bits per heavy atom. The van der Waals surface area contributed by atoms with Crippen molar-refractivity contribution in [3.63, 3.8) is 0 Å². The van der Waals surface area contributed by atoms with E-state index in [4.69, 9.17) is 11.6 Å². The highest BCUT2D eigenvalue weighted by Gasteiger charge is 2.25. The molecule has 31 heavy (non-hydrogen) atoms. The Kier molecular flexibility index (Phi) is 5.82. The minimum Gasteiger partial charge on any atom is -0.335 e. The number of hydrogen-bond acceptors (Lipinski definition) is 7.